The number of rotatable bonds is 6. The highest BCUT2D eigenvalue weighted by atomic mass is 16.2. The maximum absolute atomic E-state index is 12.7. The minimum Gasteiger partial charge on any atom is -0.376 e. The lowest BCUT2D eigenvalue weighted by molar-refractivity contribution is -0.132. The van der Waals surface area contributed by atoms with Crippen molar-refractivity contribution in [2.75, 3.05) is 18.9 Å². The predicted molar refractivity (Wildman–Crippen MR) is 118 cm³/mol. The Hall–Kier alpha value is -2.55. The van der Waals surface area contributed by atoms with Gasteiger partial charge in [0.25, 0.3) is 5.91 Å². The predicted octanol–water partition coefficient (Wildman–Crippen LogP) is 4.15. The summed E-state index contributed by atoms with van der Waals surface area (Å²) in [7, 11) is 1.74. The van der Waals surface area contributed by atoms with Crippen molar-refractivity contribution in [1.82, 2.24) is 10.2 Å². The number of likely N-dealkylation sites (N-methyl/N-ethyl adjacent to an activating group) is 1. The van der Waals surface area contributed by atoms with Gasteiger partial charge >= 0.3 is 0 Å². The standard InChI is InChI=1S/C24H34N4O2/c1-18-15-19(23(30)27-20-9-5-3-6-10-20)11-12-21(18)26-16-22(29)28(2)24(17-25)13-7-4-8-14-24/h11-12,15,20,26H,3-10,13-14,16H2,1-2H3,(H,27,30). The van der Waals surface area contributed by atoms with Crippen LogP contribution in [0.4, 0.5) is 5.69 Å². The van der Waals surface area contributed by atoms with Gasteiger partial charge < -0.3 is 15.5 Å². The van der Waals surface area contributed by atoms with Gasteiger partial charge in [0.1, 0.15) is 5.54 Å². The molecular weight excluding hydrogens is 376 g/mol. The maximum atomic E-state index is 12.7. The second-order valence-electron chi connectivity index (χ2n) is 8.85. The molecule has 2 amide bonds. The van der Waals surface area contributed by atoms with Crippen molar-refractivity contribution in [1.29, 1.82) is 5.26 Å². The molecule has 2 aliphatic carbocycles. The van der Waals surface area contributed by atoms with E-state index in [2.05, 4.69) is 16.7 Å². The zero-order valence-electron chi connectivity index (χ0n) is 18.3. The zero-order chi connectivity index (χ0) is 21.6. The molecule has 162 valence electrons. The van der Waals surface area contributed by atoms with Crippen molar-refractivity contribution in [3.63, 3.8) is 0 Å². The van der Waals surface area contributed by atoms with E-state index in [9.17, 15) is 14.9 Å². The molecule has 0 bridgehead atoms. The van der Waals surface area contributed by atoms with Crippen LogP contribution in [0.1, 0.15) is 80.1 Å². The van der Waals surface area contributed by atoms with Crippen molar-refractivity contribution < 1.29 is 9.59 Å². The molecule has 0 heterocycles. The monoisotopic (exact) mass is 410 g/mol. The van der Waals surface area contributed by atoms with Crippen LogP contribution in [0.2, 0.25) is 0 Å². The number of anilines is 1. The van der Waals surface area contributed by atoms with Gasteiger partial charge in [-0.3, -0.25) is 9.59 Å². The van der Waals surface area contributed by atoms with Crippen LogP contribution in [0, 0.1) is 18.3 Å². The van der Waals surface area contributed by atoms with E-state index in [-0.39, 0.29) is 24.4 Å². The highest BCUT2D eigenvalue weighted by Gasteiger charge is 2.38. The average molecular weight is 411 g/mol. The maximum Gasteiger partial charge on any atom is 0.251 e. The third kappa shape index (κ3) is 5.13. The summed E-state index contributed by atoms with van der Waals surface area (Å²) in [6.45, 7) is 2.07. The van der Waals surface area contributed by atoms with Crippen molar-refractivity contribution >= 4 is 17.5 Å². The van der Waals surface area contributed by atoms with Gasteiger partial charge in [0.2, 0.25) is 5.91 Å². The molecule has 30 heavy (non-hydrogen) atoms. The van der Waals surface area contributed by atoms with Gasteiger partial charge in [0, 0.05) is 24.3 Å². The summed E-state index contributed by atoms with van der Waals surface area (Å²) in [6, 6.07) is 8.21. The largest absolute Gasteiger partial charge is 0.376 e. The van der Waals surface area contributed by atoms with Crippen molar-refractivity contribution in [2.45, 2.75) is 82.7 Å². The number of aryl methyl sites for hydroxylation is 1. The van der Waals surface area contributed by atoms with Crippen LogP contribution < -0.4 is 10.6 Å². The van der Waals surface area contributed by atoms with Crippen molar-refractivity contribution in [2.24, 2.45) is 0 Å². The average Bonchev–Trinajstić information content (AvgIpc) is 2.78. The Morgan fingerprint density at radius 1 is 1.13 bits per heavy atom. The lowest BCUT2D eigenvalue weighted by Gasteiger charge is -2.39. The van der Waals surface area contributed by atoms with Crippen molar-refractivity contribution in [3.8, 4) is 6.07 Å². The molecule has 0 aromatic heterocycles. The number of carbonyl (C=O) groups is 2. The molecule has 2 N–H and O–H groups in total. The summed E-state index contributed by atoms with van der Waals surface area (Å²) in [5.74, 6) is -0.113. The first-order valence-electron chi connectivity index (χ1n) is 11.3. The second-order valence-corrected chi connectivity index (χ2v) is 8.85. The number of nitriles is 1. The van der Waals surface area contributed by atoms with Crippen LogP contribution in [0.25, 0.3) is 0 Å². The third-order valence-electron chi connectivity index (χ3n) is 6.76. The smallest absolute Gasteiger partial charge is 0.251 e. The molecule has 1 aromatic rings. The fourth-order valence-corrected chi connectivity index (χ4v) is 4.71. The van der Waals surface area contributed by atoms with E-state index >= 15 is 0 Å². The summed E-state index contributed by atoms with van der Waals surface area (Å²) >= 11 is 0. The summed E-state index contributed by atoms with van der Waals surface area (Å²) in [6.07, 6.45) is 10.3. The minimum absolute atomic E-state index is 0.0272. The summed E-state index contributed by atoms with van der Waals surface area (Å²) in [5, 5.41) is 16.0. The van der Waals surface area contributed by atoms with E-state index in [0.717, 1.165) is 56.2 Å². The topological polar surface area (TPSA) is 85.2 Å². The molecule has 0 atom stereocenters. The zero-order valence-corrected chi connectivity index (χ0v) is 18.3. The number of nitrogens with zero attached hydrogens (tertiary/aromatic N) is 2. The lowest BCUT2D eigenvalue weighted by Crippen LogP contribution is -2.51. The molecule has 1 aromatic carbocycles. The summed E-state index contributed by atoms with van der Waals surface area (Å²) in [4.78, 5) is 26.9. The molecule has 3 rings (SSSR count). The lowest BCUT2D eigenvalue weighted by atomic mass is 9.81. The molecule has 0 aliphatic heterocycles. The van der Waals surface area contributed by atoms with Crippen LogP contribution >= 0.6 is 0 Å². The minimum atomic E-state index is -0.673. The molecule has 0 saturated heterocycles. The van der Waals surface area contributed by atoms with E-state index in [0.29, 0.717) is 5.56 Å². The number of nitrogens with one attached hydrogen (secondary N) is 2. The van der Waals surface area contributed by atoms with Crippen molar-refractivity contribution in [3.05, 3.63) is 29.3 Å². The van der Waals surface area contributed by atoms with E-state index in [1.54, 1.807) is 18.0 Å². The molecule has 6 nitrogen and oxygen atoms in total. The summed E-state index contributed by atoms with van der Waals surface area (Å²) < 4.78 is 0. The van der Waals surface area contributed by atoms with Gasteiger partial charge in [-0.1, -0.05) is 38.5 Å². The van der Waals surface area contributed by atoms with Gasteiger partial charge in [0.05, 0.1) is 12.6 Å². The SMILES string of the molecule is Cc1cc(C(=O)NC2CCCCC2)ccc1NCC(=O)N(C)C1(C#N)CCCCC1. The fraction of sp³-hybridized carbons (Fsp3) is 0.625. The molecule has 0 spiro atoms. The van der Waals surface area contributed by atoms with E-state index in [4.69, 9.17) is 0 Å². The van der Waals surface area contributed by atoms with Crippen LogP contribution in [0.3, 0.4) is 0 Å². The Morgan fingerprint density at radius 3 is 2.43 bits per heavy atom. The molecule has 2 saturated carbocycles. The summed E-state index contributed by atoms with van der Waals surface area (Å²) in [5.41, 5.74) is 1.74. The molecule has 2 aliphatic rings. The van der Waals surface area contributed by atoms with E-state index in [1.807, 2.05) is 19.1 Å². The number of hydrogen-bond donors (Lipinski definition) is 2. The van der Waals surface area contributed by atoms with E-state index in [1.165, 1.54) is 19.3 Å². The Morgan fingerprint density at radius 2 is 1.80 bits per heavy atom. The molecule has 2 fully saturated rings. The Kier molecular flexibility index (Phi) is 7.36. The first kappa shape index (κ1) is 22.1. The molecule has 6 heteroatoms. The Balaban J connectivity index is 1.57. The Labute approximate surface area is 180 Å². The first-order valence-corrected chi connectivity index (χ1v) is 11.3. The van der Waals surface area contributed by atoms with Crippen LogP contribution in [-0.2, 0) is 4.79 Å². The second kappa shape index (κ2) is 9.97. The van der Waals surface area contributed by atoms with Gasteiger partial charge in [-0.2, -0.15) is 5.26 Å². The normalized spacial score (nSPS) is 18.8. The van der Waals surface area contributed by atoms with Gasteiger partial charge in [-0.05, 0) is 56.4 Å². The molecular formula is C24H34N4O2. The number of benzene rings is 1. The number of carbonyl (C=O) groups excluding carboxylic acids is 2. The quantitative estimate of drug-likeness (QED) is 0.738. The highest BCUT2D eigenvalue weighted by molar-refractivity contribution is 5.95. The van der Waals surface area contributed by atoms with Gasteiger partial charge in [-0.25, -0.2) is 0 Å². The Bertz CT molecular complexity index is 802. The van der Waals surface area contributed by atoms with Crippen LogP contribution in [0.5, 0.6) is 0 Å². The van der Waals surface area contributed by atoms with Crippen LogP contribution in [-0.4, -0.2) is 41.9 Å². The first-order chi connectivity index (χ1) is 14.4. The number of amides is 2. The van der Waals surface area contributed by atoms with E-state index < -0.39 is 5.54 Å². The fourth-order valence-electron chi connectivity index (χ4n) is 4.71. The van der Waals surface area contributed by atoms with Crippen LogP contribution in [0.15, 0.2) is 18.2 Å². The third-order valence-corrected chi connectivity index (χ3v) is 6.76. The number of hydrogen-bond acceptors (Lipinski definition) is 4. The molecule has 0 unspecified atom stereocenters. The highest BCUT2D eigenvalue weighted by Crippen LogP contribution is 2.32. The van der Waals surface area contributed by atoms with Gasteiger partial charge in [-0.15, -0.1) is 0 Å². The molecule has 0 radical (unpaired) electrons. The van der Waals surface area contributed by atoms with Gasteiger partial charge in [0.15, 0.2) is 0 Å².